The first-order valence-electron chi connectivity index (χ1n) is 9.31. The van der Waals surface area contributed by atoms with E-state index in [0.717, 1.165) is 0 Å². The Hall–Kier alpha value is -1.69. The molecule has 0 aliphatic heterocycles. The van der Waals surface area contributed by atoms with Gasteiger partial charge in [0.05, 0.1) is 0 Å². The van der Waals surface area contributed by atoms with Crippen molar-refractivity contribution in [3.8, 4) is 0 Å². The monoisotopic (exact) mass is 422 g/mol. The van der Waals surface area contributed by atoms with E-state index in [2.05, 4.69) is 119 Å². The van der Waals surface area contributed by atoms with E-state index >= 15 is 0 Å². The Bertz CT molecular complexity index is 788. The third-order valence-corrected chi connectivity index (χ3v) is 16.5. The first-order chi connectivity index (χ1) is 12.7. The van der Waals surface area contributed by atoms with Gasteiger partial charge >= 0.3 is 165 Å². The maximum absolute atomic E-state index is 4.56. The maximum atomic E-state index is 4.56. The molecule has 0 saturated heterocycles. The summed E-state index contributed by atoms with van der Waals surface area (Å²) in [4.78, 5) is 0. The molecule has 132 valence electrons. The van der Waals surface area contributed by atoms with E-state index < -0.39 is 5.31 Å². The molecule has 3 aromatic rings. The molecule has 26 heavy (non-hydrogen) atoms. The zero-order valence-corrected chi connectivity index (χ0v) is 17.3. The summed E-state index contributed by atoms with van der Waals surface area (Å²) in [5, 5.41) is 1.42. The molecule has 1 unspecified atom stereocenters. The van der Waals surface area contributed by atoms with Crippen molar-refractivity contribution >= 4 is 36.7 Å². The minimum atomic E-state index is -2.81. The molecule has 1 aliphatic rings. The first-order valence-corrected chi connectivity index (χ1v) is 13.6. The van der Waals surface area contributed by atoms with Gasteiger partial charge in [-0.3, -0.25) is 0 Å². The predicted molar refractivity (Wildman–Crippen MR) is 121 cm³/mol. The topological polar surface area (TPSA) is 0 Å². The third kappa shape index (κ3) is 2.61. The van der Waals surface area contributed by atoms with E-state index in [1.807, 2.05) is 0 Å². The zero-order chi connectivity index (χ0) is 17.9. The molecule has 0 saturated carbocycles. The van der Waals surface area contributed by atoms with Crippen LogP contribution in [0.3, 0.4) is 0 Å². The molecule has 1 aliphatic carbocycles. The van der Waals surface area contributed by atoms with Crippen molar-refractivity contribution in [2.45, 2.75) is 24.9 Å². The SMILES string of the molecule is BrP(c1ccccc1)(c1ccccc1)(c1ccccc1)C1C=CCCC1. The van der Waals surface area contributed by atoms with E-state index in [4.69, 9.17) is 0 Å². The molecule has 3 aromatic carbocycles. The fourth-order valence-electron chi connectivity index (χ4n) is 4.38. The second-order valence-corrected chi connectivity index (χ2v) is 15.8. The van der Waals surface area contributed by atoms with Gasteiger partial charge in [-0.25, -0.2) is 0 Å². The van der Waals surface area contributed by atoms with Gasteiger partial charge in [0.1, 0.15) is 0 Å². The summed E-state index contributed by atoms with van der Waals surface area (Å²) >= 11 is 4.56. The van der Waals surface area contributed by atoms with Gasteiger partial charge in [-0.1, -0.05) is 0 Å². The molecule has 1 atom stereocenters. The van der Waals surface area contributed by atoms with Crippen LogP contribution < -0.4 is 15.9 Å². The van der Waals surface area contributed by atoms with Gasteiger partial charge in [0.15, 0.2) is 0 Å². The van der Waals surface area contributed by atoms with E-state index in [9.17, 15) is 0 Å². The van der Waals surface area contributed by atoms with Crippen LogP contribution in [-0.4, -0.2) is 5.66 Å². The van der Waals surface area contributed by atoms with Crippen molar-refractivity contribution in [1.29, 1.82) is 0 Å². The van der Waals surface area contributed by atoms with Gasteiger partial charge in [-0.05, 0) is 0 Å². The average molecular weight is 423 g/mol. The van der Waals surface area contributed by atoms with Crippen molar-refractivity contribution in [3.63, 3.8) is 0 Å². The van der Waals surface area contributed by atoms with Crippen LogP contribution in [0.1, 0.15) is 19.3 Å². The van der Waals surface area contributed by atoms with Crippen molar-refractivity contribution in [2.24, 2.45) is 0 Å². The van der Waals surface area contributed by atoms with E-state index in [1.165, 1.54) is 35.2 Å². The molecule has 0 aromatic heterocycles. The number of benzene rings is 3. The second-order valence-electron chi connectivity index (χ2n) is 7.01. The van der Waals surface area contributed by atoms with Gasteiger partial charge in [0.25, 0.3) is 0 Å². The van der Waals surface area contributed by atoms with E-state index in [1.54, 1.807) is 0 Å². The van der Waals surface area contributed by atoms with Crippen LogP contribution in [0, 0.1) is 0 Å². The van der Waals surface area contributed by atoms with Crippen LogP contribution in [0.4, 0.5) is 0 Å². The Morgan fingerprint density at radius 1 is 0.654 bits per heavy atom. The Balaban J connectivity index is 2.14. The summed E-state index contributed by atoms with van der Waals surface area (Å²) in [6, 6.07) is 33.3. The molecule has 0 spiro atoms. The van der Waals surface area contributed by atoms with Gasteiger partial charge in [0.2, 0.25) is 0 Å². The Labute approximate surface area is 164 Å². The molecular formula is C24H24BrP. The van der Waals surface area contributed by atoms with E-state index in [-0.39, 0.29) is 0 Å². The summed E-state index contributed by atoms with van der Waals surface area (Å²) in [6.45, 7) is 0. The molecule has 4 rings (SSSR count). The number of halogens is 1. The molecule has 0 radical (unpaired) electrons. The van der Waals surface area contributed by atoms with Crippen molar-refractivity contribution in [1.82, 2.24) is 0 Å². The van der Waals surface area contributed by atoms with Crippen LogP contribution in [0.5, 0.6) is 0 Å². The van der Waals surface area contributed by atoms with E-state index in [0.29, 0.717) is 5.66 Å². The van der Waals surface area contributed by atoms with Gasteiger partial charge < -0.3 is 0 Å². The standard InChI is InChI=1S/C24H24BrP/c25-26(21-13-5-1-6-14-21,22-15-7-2-8-16-22,23-17-9-3-10-18-23)24-19-11-4-12-20-24/h1-3,5-11,13-19,24H,4,12,20H2. The normalized spacial score (nSPS) is 18.8. The molecule has 0 fully saturated rings. The molecule has 2 heteroatoms. The fourth-order valence-corrected chi connectivity index (χ4v) is 13.0. The first kappa shape index (κ1) is 17.7. The summed E-state index contributed by atoms with van der Waals surface area (Å²) in [6.07, 6.45) is 8.50. The molecule has 0 nitrogen and oxygen atoms in total. The van der Waals surface area contributed by atoms with Crippen LogP contribution >= 0.6 is 20.8 Å². The second kappa shape index (κ2) is 7.14. The quantitative estimate of drug-likeness (QED) is 0.360. The molecule has 0 N–H and O–H groups in total. The number of hydrogen-bond acceptors (Lipinski definition) is 0. The minimum absolute atomic E-state index is 0.460. The zero-order valence-electron chi connectivity index (χ0n) is 14.8. The van der Waals surface area contributed by atoms with Gasteiger partial charge in [-0.15, -0.1) is 0 Å². The Morgan fingerprint density at radius 3 is 1.42 bits per heavy atom. The van der Waals surface area contributed by atoms with Gasteiger partial charge in [0, 0.05) is 0 Å². The van der Waals surface area contributed by atoms with Gasteiger partial charge in [-0.2, -0.15) is 0 Å². The van der Waals surface area contributed by atoms with Crippen LogP contribution in [0.2, 0.25) is 0 Å². The van der Waals surface area contributed by atoms with Crippen LogP contribution in [0.15, 0.2) is 103 Å². The molecular weight excluding hydrogens is 399 g/mol. The summed E-state index contributed by atoms with van der Waals surface area (Å²) < 4.78 is 0. The van der Waals surface area contributed by atoms with Crippen molar-refractivity contribution < 1.29 is 0 Å². The van der Waals surface area contributed by atoms with Crippen LogP contribution in [0.25, 0.3) is 0 Å². The summed E-state index contributed by atoms with van der Waals surface area (Å²) in [5.74, 6) is 0. The third-order valence-electron chi connectivity index (χ3n) is 5.63. The summed E-state index contributed by atoms with van der Waals surface area (Å²) in [5.41, 5.74) is 0.460. The average Bonchev–Trinajstić information content (AvgIpc) is 2.76. The fraction of sp³-hybridized carbons (Fsp3) is 0.167. The van der Waals surface area contributed by atoms with Crippen LogP contribution in [-0.2, 0) is 0 Å². The summed E-state index contributed by atoms with van der Waals surface area (Å²) in [7, 11) is 0. The number of allylic oxidation sites excluding steroid dienone is 2. The Morgan fingerprint density at radius 2 is 1.08 bits per heavy atom. The molecule has 0 amide bonds. The van der Waals surface area contributed by atoms with Crippen molar-refractivity contribution in [3.05, 3.63) is 103 Å². The Kier molecular flexibility index (Phi) is 4.86. The molecule has 0 heterocycles. The molecule has 0 bridgehead atoms. The predicted octanol–water partition coefficient (Wildman–Crippen LogP) is 5.93. The number of rotatable bonds is 4. The number of hydrogen-bond donors (Lipinski definition) is 0. The van der Waals surface area contributed by atoms with Crippen molar-refractivity contribution in [2.75, 3.05) is 0 Å².